The van der Waals surface area contributed by atoms with Crippen molar-refractivity contribution in [3.63, 3.8) is 0 Å². The number of amides is 3. The Kier molecular flexibility index (Phi) is 14.2. The molecule has 0 aliphatic carbocycles. The normalized spacial score (nSPS) is 18.5. The van der Waals surface area contributed by atoms with Crippen LogP contribution in [0, 0.1) is 5.41 Å². The van der Waals surface area contributed by atoms with E-state index in [9.17, 15) is 37.1 Å². The van der Waals surface area contributed by atoms with E-state index >= 15 is 0 Å². The number of carbonyl (C=O) groups is 5. The maximum atomic E-state index is 14.2. The Labute approximate surface area is 371 Å². The fourth-order valence-electron chi connectivity index (χ4n) is 6.91. The van der Waals surface area contributed by atoms with E-state index in [4.69, 9.17) is 14.3 Å². The Morgan fingerprint density at radius 3 is 1.89 bits per heavy atom. The maximum absolute atomic E-state index is 14.2. The van der Waals surface area contributed by atoms with E-state index in [1.165, 1.54) is 28.4 Å². The molecule has 3 atom stereocenters. The molecule has 2 unspecified atom stereocenters. The van der Waals surface area contributed by atoms with Gasteiger partial charge >= 0.3 is 24.0 Å². The Balaban J connectivity index is 1.06. The predicted octanol–water partition coefficient (Wildman–Crippen LogP) is 6.78. The molecule has 0 bridgehead atoms. The number of hydrogen-bond acceptors (Lipinski definition) is 13. The van der Waals surface area contributed by atoms with Crippen LogP contribution >= 0.6 is 34.9 Å². The zero-order chi connectivity index (χ0) is 44.6. The summed E-state index contributed by atoms with van der Waals surface area (Å²) in [5.41, 5.74) is 0.872. The van der Waals surface area contributed by atoms with Gasteiger partial charge in [-0.25, -0.2) is 9.78 Å². The number of rotatable bonds is 16. The number of ether oxygens (including phenoxy) is 2. The third kappa shape index (κ3) is 10.5. The van der Waals surface area contributed by atoms with E-state index in [2.05, 4.69) is 15.5 Å². The summed E-state index contributed by atoms with van der Waals surface area (Å²) < 4.78 is 51.1. The lowest BCUT2D eigenvalue weighted by molar-refractivity contribution is -0.167. The summed E-state index contributed by atoms with van der Waals surface area (Å²) in [5.74, 6) is -4.58. The molecular weight excluding hydrogens is 880 g/mol. The molecule has 5 aromatic rings. The van der Waals surface area contributed by atoms with E-state index in [0.29, 0.717) is 28.2 Å². The molecular formula is C44H38F3N5O8S3. The van der Waals surface area contributed by atoms with Crippen LogP contribution in [0.1, 0.15) is 40.2 Å². The van der Waals surface area contributed by atoms with Crippen molar-refractivity contribution < 1.29 is 51.5 Å². The molecule has 2 aliphatic rings. The highest BCUT2D eigenvalue weighted by molar-refractivity contribution is 8.00. The van der Waals surface area contributed by atoms with Gasteiger partial charge in [0.05, 0.1) is 0 Å². The van der Waals surface area contributed by atoms with Crippen molar-refractivity contribution in [2.75, 3.05) is 36.2 Å². The highest BCUT2D eigenvalue weighted by atomic mass is 32.2. The summed E-state index contributed by atoms with van der Waals surface area (Å²) in [6.07, 6.45) is -4.89. The van der Waals surface area contributed by atoms with Crippen LogP contribution in [0.4, 0.5) is 18.3 Å². The Bertz CT molecular complexity index is 2370. The van der Waals surface area contributed by atoms with Crippen LogP contribution < -0.4 is 10.6 Å². The fraction of sp³-hybridized carbons (Fsp3) is 0.250. The minimum Gasteiger partial charge on any atom is -0.452 e. The lowest BCUT2D eigenvalue weighted by atomic mass is 9.88. The third-order valence-corrected chi connectivity index (χ3v) is 13.1. The van der Waals surface area contributed by atoms with Crippen molar-refractivity contribution in [1.29, 1.82) is 0 Å². The summed E-state index contributed by atoms with van der Waals surface area (Å²) >= 11 is 3.29. The van der Waals surface area contributed by atoms with Gasteiger partial charge in [-0.1, -0.05) is 126 Å². The van der Waals surface area contributed by atoms with Crippen LogP contribution in [0.3, 0.4) is 0 Å². The SMILES string of the molecule is CSCC1(C(=O)OC(c2ccccc2)c2ccccc2)CS[C@@H]2C(NC(=O)C(=NOCC(=O)OC(c3ccccc3)c3ccccc3)c3csc(NC(=O)C(F)(F)F)n3)C(=O)N2C1. The monoisotopic (exact) mass is 917 g/mol. The number of fused-ring (bicyclic) bond motifs is 1. The minimum absolute atomic E-state index is 0.0132. The smallest absolute Gasteiger partial charge is 0.452 e. The van der Waals surface area contributed by atoms with Crippen LogP contribution in [0.2, 0.25) is 0 Å². The Hall–Kier alpha value is -6.18. The molecule has 2 fully saturated rings. The van der Waals surface area contributed by atoms with Crippen molar-refractivity contribution in [1.82, 2.24) is 15.2 Å². The summed E-state index contributed by atoms with van der Waals surface area (Å²) in [5, 5.41) is 8.11. The first kappa shape index (κ1) is 44.9. The second-order valence-corrected chi connectivity index (χ2v) is 17.2. The highest BCUT2D eigenvalue weighted by Crippen LogP contribution is 2.45. The predicted molar refractivity (Wildman–Crippen MR) is 232 cm³/mol. The minimum atomic E-state index is -5.22. The number of nitrogens with zero attached hydrogens (tertiary/aromatic N) is 3. The number of halogens is 3. The second kappa shape index (κ2) is 19.9. The number of benzene rings is 4. The van der Waals surface area contributed by atoms with Gasteiger partial charge in [0.1, 0.15) is 22.5 Å². The molecule has 2 aliphatic heterocycles. The number of thioether (sulfide) groups is 2. The molecule has 19 heteroatoms. The number of alkyl halides is 3. The van der Waals surface area contributed by atoms with Gasteiger partial charge in [0.2, 0.25) is 12.5 Å². The Morgan fingerprint density at radius 2 is 1.38 bits per heavy atom. The summed E-state index contributed by atoms with van der Waals surface area (Å²) in [6, 6.07) is 35.4. The molecule has 0 spiro atoms. The molecule has 7 rings (SSSR count). The zero-order valence-corrected chi connectivity index (χ0v) is 35.7. The number of carbonyl (C=O) groups excluding carboxylic acids is 5. The van der Waals surface area contributed by atoms with E-state index in [-0.39, 0.29) is 18.0 Å². The molecule has 3 heterocycles. The molecule has 0 radical (unpaired) electrons. The van der Waals surface area contributed by atoms with Crippen LogP contribution in [0.25, 0.3) is 0 Å². The molecule has 2 saturated heterocycles. The third-order valence-electron chi connectivity index (χ3n) is 9.95. The van der Waals surface area contributed by atoms with E-state index in [0.717, 1.165) is 16.5 Å². The molecule has 326 valence electrons. The van der Waals surface area contributed by atoms with Gasteiger partial charge in [0, 0.05) is 23.4 Å². The lowest BCUT2D eigenvalue weighted by Crippen LogP contribution is -2.74. The first-order chi connectivity index (χ1) is 30.4. The Morgan fingerprint density at radius 1 is 0.857 bits per heavy atom. The van der Waals surface area contributed by atoms with Gasteiger partial charge < -0.3 is 24.5 Å². The van der Waals surface area contributed by atoms with Crippen LogP contribution in [-0.2, 0) is 38.3 Å². The second-order valence-electron chi connectivity index (χ2n) is 14.3. The van der Waals surface area contributed by atoms with Crippen LogP contribution in [-0.4, -0.2) is 93.8 Å². The molecule has 2 N–H and O–H groups in total. The molecule has 0 saturated carbocycles. The van der Waals surface area contributed by atoms with E-state index in [1.807, 2.05) is 79.1 Å². The van der Waals surface area contributed by atoms with Gasteiger partial charge in [0.15, 0.2) is 23.1 Å². The average Bonchev–Trinajstić information content (AvgIpc) is 3.76. The number of aromatic nitrogens is 1. The summed E-state index contributed by atoms with van der Waals surface area (Å²) in [6.45, 7) is -0.786. The molecule has 63 heavy (non-hydrogen) atoms. The number of β-lactam (4-membered cyclic amide) rings is 1. The van der Waals surface area contributed by atoms with Crippen LogP contribution in [0.5, 0.6) is 0 Å². The van der Waals surface area contributed by atoms with E-state index in [1.54, 1.807) is 53.8 Å². The summed E-state index contributed by atoms with van der Waals surface area (Å²) in [4.78, 5) is 77.4. The first-order valence-electron chi connectivity index (χ1n) is 19.2. The summed E-state index contributed by atoms with van der Waals surface area (Å²) in [7, 11) is 0. The number of esters is 2. The van der Waals surface area contributed by atoms with Crippen molar-refractivity contribution in [2.24, 2.45) is 10.6 Å². The van der Waals surface area contributed by atoms with Gasteiger partial charge in [-0.3, -0.25) is 24.5 Å². The standard InChI is InChI=1S/C44H38F3N5O8S3/c1-61-25-43(41(57)60-36(29-18-10-4-11-19-29)30-20-12-5-13-21-30)24-52-38(55)34(39(52)63-26-43)49-37(54)33(31-23-62-42(48-31)50-40(56)44(45,46)47)51-58-22-32(53)59-35(27-14-6-2-7-15-27)28-16-8-3-9-17-28/h2-21,23,34-36,39H,22,24-26H2,1H3,(H,49,54)(H,48,50,56)/t34?,39-,43?/m1/s1. The quantitative estimate of drug-likeness (QED) is 0.0464. The average molecular weight is 918 g/mol. The molecule has 1 aromatic heterocycles. The number of hydrogen-bond donors (Lipinski definition) is 2. The van der Waals surface area contributed by atoms with Gasteiger partial charge in [-0.15, -0.1) is 23.1 Å². The fourth-order valence-corrected chi connectivity index (χ4v) is 10.1. The van der Waals surface area contributed by atoms with Gasteiger partial charge in [-0.05, 0) is 28.5 Å². The zero-order valence-electron chi connectivity index (χ0n) is 33.2. The number of thiazole rings is 1. The topological polar surface area (TPSA) is 166 Å². The number of anilines is 1. The number of oxime groups is 1. The molecule has 13 nitrogen and oxygen atoms in total. The maximum Gasteiger partial charge on any atom is 0.471 e. The van der Waals surface area contributed by atoms with Gasteiger partial charge in [-0.2, -0.15) is 24.9 Å². The number of nitrogens with one attached hydrogen (secondary N) is 2. The highest BCUT2D eigenvalue weighted by Gasteiger charge is 2.58. The molecule has 3 amide bonds. The van der Waals surface area contributed by atoms with Crippen molar-refractivity contribution >= 4 is 75.4 Å². The lowest BCUT2D eigenvalue weighted by Gasteiger charge is -2.54. The van der Waals surface area contributed by atoms with Crippen molar-refractivity contribution in [2.45, 2.75) is 29.8 Å². The van der Waals surface area contributed by atoms with Gasteiger partial charge in [0.25, 0.3) is 5.91 Å². The van der Waals surface area contributed by atoms with Crippen molar-refractivity contribution in [3.05, 3.63) is 155 Å². The van der Waals surface area contributed by atoms with E-state index < -0.39 is 82.3 Å². The van der Waals surface area contributed by atoms with Crippen molar-refractivity contribution in [3.8, 4) is 0 Å². The van der Waals surface area contributed by atoms with Crippen LogP contribution in [0.15, 0.2) is 132 Å². The molecule has 4 aromatic carbocycles. The largest absolute Gasteiger partial charge is 0.471 e. The first-order valence-corrected chi connectivity index (χ1v) is 22.6.